The molecule has 2 aromatic carbocycles. The van der Waals surface area contributed by atoms with Gasteiger partial charge in [0, 0.05) is 32.7 Å². The number of benzene rings is 2. The van der Waals surface area contributed by atoms with Crippen molar-refractivity contribution in [1.82, 2.24) is 14.2 Å². The van der Waals surface area contributed by atoms with E-state index in [0.717, 1.165) is 20.3 Å². The molecule has 33 heavy (non-hydrogen) atoms. The molecule has 180 valence electrons. The maximum absolute atomic E-state index is 13.4. The third-order valence-corrected chi connectivity index (χ3v) is 7.66. The van der Waals surface area contributed by atoms with Crippen LogP contribution in [0.3, 0.4) is 0 Å². The minimum atomic E-state index is -3.56. The highest BCUT2D eigenvalue weighted by atomic mass is 35.5. The van der Waals surface area contributed by atoms with E-state index >= 15 is 0 Å². The van der Waals surface area contributed by atoms with E-state index in [-0.39, 0.29) is 23.2 Å². The molecule has 0 aliphatic heterocycles. The van der Waals surface area contributed by atoms with Crippen molar-refractivity contribution in [2.75, 3.05) is 52.8 Å². The average Bonchev–Trinajstić information content (AvgIpc) is 3.16. The molecule has 8 nitrogen and oxygen atoms in total. The first-order valence-electron chi connectivity index (χ1n) is 10.2. The highest BCUT2D eigenvalue weighted by Crippen LogP contribution is 2.32. The number of thiazole rings is 1. The van der Waals surface area contributed by atoms with E-state index in [1.807, 2.05) is 44.1 Å². The first-order chi connectivity index (χ1) is 15.1. The van der Waals surface area contributed by atoms with Crippen molar-refractivity contribution in [3.05, 3.63) is 48.0 Å². The van der Waals surface area contributed by atoms with Gasteiger partial charge in [-0.15, -0.1) is 12.4 Å². The van der Waals surface area contributed by atoms with Crippen LogP contribution in [0.15, 0.2) is 47.4 Å². The third-order valence-electron chi connectivity index (χ3n) is 4.79. The van der Waals surface area contributed by atoms with Crippen molar-refractivity contribution in [3.8, 4) is 5.75 Å². The van der Waals surface area contributed by atoms with Crippen molar-refractivity contribution in [1.29, 1.82) is 0 Å². The number of anilines is 1. The molecular weight excluding hydrogens is 484 g/mol. The molecule has 3 rings (SSSR count). The van der Waals surface area contributed by atoms with E-state index in [2.05, 4.69) is 4.98 Å². The van der Waals surface area contributed by atoms with Crippen LogP contribution in [0, 0.1) is 0 Å². The quantitative estimate of drug-likeness (QED) is 0.436. The van der Waals surface area contributed by atoms with Gasteiger partial charge in [-0.25, -0.2) is 17.7 Å². The van der Waals surface area contributed by atoms with Crippen LogP contribution in [0.5, 0.6) is 5.75 Å². The molecule has 0 spiro atoms. The Kier molecular flexibility index (Phi) is 9.21. The number of rotatable bonds is 9. The van der Waals surface area contributed by atoms with Crippen LogP contribution in [0.4, 0.5) is 5.13 Å². The maximum Gasteiger partial charge on any atom is 0.260 e. The molecule has 0 saturated carbocycles. The minimum Gasteiger partial charge on any atom is -0.494 e. The molecule has 0 unspecified atom stereocenters. The van der Waals surface area contributed by atoms with Gasteiger partial charge in [-0.05, 0) is 63.5 Å². The van der Waals surface area contributed by atoms with Crippen LogP contribution in [0.25, 0.3) is 10.2 Å². The molecule has 0 saturated heterocycles. The van der Waals surface area contributed by atoms with Gasteiger partial charge in [0.05, 0.1) is 21.7 Å². The summed E-state index contributed by atoms with van der Waals surface area (Å²) >= 11 is 1.42. The van der Waals surface area contributed by atoms with E-state index in [1.165, 1.54) is 37.6 Å². The number of ether oxygens (including phenoxy) is 1. The van der Waals surface area contributed by atoms with Crippen molar-refractivity contribution < 1.29 is 17.9 Å². The summed E-state index contributed by atoms with van der Waals surface area (Å²) in [6, 6.07) is 11.7. The third kappa shape index (κ3) is 6.21. The number of amides is 1. The predicted molar refractivity (Wildman–Crippen MR) is 136 cm³/mol. The Balaban J connectivity index is 0.00000385. The van der Waals surface area contributed by atoms with Gasteiger partial charge in [0.25, 0.3) is 5.91 Å². The van der Waals surface area contributed by atoms with Gasteiger partial charge >= 0.3 is 0 Å². The second kappa shape index (κ2) is 11.3. The number of hydrogen-bond acceptors (Lipinski definition) is 7. The molecule has 11 heteroatoms. The number of carbonyl (C=O) groups is 1. The summed E-state index contributed by atoms with van der Waals surface area (Å²) in [4.78, 5) is 21.8. The second-order valence-electron chi connectivity index (χ2n) is 7.63. The second-order valence-corrected chi connectivity index (χ2v) is 10.8. The van der Waals surface area contributed by atoms with Crippen molar-refractivity contribution >= 4 is 55.0 Å². The van der Waals surface area contributed by atoms with Crippen LogP contribution >= 0.6 is 23.7 Å². The zero-order chi connectivity index (χ0) is 23.5. The summed E-state index contributed by atoms with van der Waals surface area (Å²) in [6.45, 7) is 3.60. The maximum atomic E-state index is 13.4. The molecule has 1 amide bonds. The Bertz CT molecular complexity index is 1190. The van der Waals surface area contributed by atoms with Gasteiger partial charge in [-0.3, -0.25) is 9.69 Å². The topological polar surface area (TPSA) is 83.0 Å². The summed E-state index contributed by atoms with van der Waals surface area (Å²) < 4.78 is 32.3. The molecule has 0 bridgehead atoms. The van der Waals surface area contributed by atoms with Crippen LogP contribution in [-0.2, 0) is 10.0 Å². The average molecular weight is 513 g/mol. The summed E-state index contributed by atoms with van der Waals surface area (Å²) in [5, 5.41) is 0.588. The molecule has 0 N–H and O–H groups in total. The Morgan fingerprint density at radius 2 is 1.70 bits per heavy atom. The Morgan fingerprint density at radius 3 is 2.27 bits per heavy atom. The van der Waals surface area contributed by atoms with Crippen LogP contribution in [0.2, 0.25) is 0 Å². The van der Waals surface area contributed by atoms with E-state index in [0.29, 0.717) is 30.4 Å². The normalized spacial score (nSPS) is 11.6. The lowest BCUT2D eigenvalue weighted by Crippen LogP contribution is -2.36. The summed E-state index contributed by atoms with van der Waals surface area (Å²) in [5.41, 5.74) is 1.19. The summed E-state index contributed by atoms with van der Waals surface area (Å²) in [6.07, 6.45) is 0. The number of carbonyl (C=O) groups excluding carboxylic acids is 1. The predicted octanol–water partition coefficient (Wildman–Crippen LogP) is 3.58. The highest BCUT2D eigenvalue weighted by molar-refractivity contribution is 7.89. The Hall–Kier alpha value is -2.24. The number of likely N-dealkylation sites (N-methyl/N-ethyl adjacent to an activating group) is 1. The molecule has 1 aromatic heterocycles. The van der Waals surface area contributed by atoms with Crippen molar-refractivity contribution in [2.45, 2.75) is 11.8 Å². The number of hydrogen-bond donors (Lipinski definition) is 0. The molecule has 0 radical (unpaired) electrons. The fraction of sp³-hybridized carbons (Fsp3) is 0.364. The first-order valence-corrected chi connectivity index (χ1v) is 12.4. The molecule has 0 atom stereocenters. The first kappa shape index (κ1) is 27.0. The lowest BCUT2D eigenvalue weighted by Gasteiger charge is -2.22. The standard InChI is InChI=1S/C22H28N4O4S2.ClH/c1-6-30-17-9-12-19-20(15-17)31-22(23-19)26(14-13-24(2)3)21(27)16-7-10-18(11-8-16)32(28,29)25(4)5;/h7-12,15H,6,13-14H2,1-5H3;1H. The lowest BCUT2D eigenvalue weighted by molar-refractivity contribution is 0.0985. The van der Waals surface area contributed by atoms with Crippen molar-refractivity contribution in [3.63, 3.8) is 0 Å². The SMILES string of the molecule is CCOc1ccc2nc(N(CCN(C)C)C(=O)c3ccc(S(=O)(=O)N(C)C)cc3)sc2c1.Cl. The van der Waals surface area contributed by atoms with Gasteiger partial charge in [0.1, 0.15) is 5.75 Å². The van der Waals surface area contributed by atoms with Gasteiger partial charge in [-0.2, -0.15) is 0 Å². The smallest absolute Gasteiger partial charge is 0.260 e. The largest absolute Gasteiger partial charge is 0.494 e. The highest BCUT2D eigenvalue weighted by Gasteiger charge is 2.23. The molecule has 0 aliphatic rings. The number of fused-ring (bicyclic) bond motifs is 1. The monoisotopic (exact) mass is 512 g/mol. The lowest BCUT2D eigenvalue weighted by atomic mass is 10.2. The Labute approximate surface area is 205 Å². The fourth-order valence-corrected chi connectivity index (χ4v) is 4.90. The number of halogens is 1. The molecule has 0 aliphatic carbocycles. The number of aromatic nitrogens is 1. The fourth-order valence-electron chi connectivity index (χ4n) is 2.98. The van der Waals surface area contributed by atoms with E-state index < -0.39 is 10.0 Å². The van der Waals surface area contributed by atoms with Gasteiger partial charge in [-0.1, -0.05) is 11.3 Å². The van der Waals surface area contributed by atoms with Gasteiger partial charge in [0.15, 0.2) is 5.13 Å². The zero-order valence-corrected chi connectivity index (χ0v) is 21.8. The van der Waals surface area contributed by atoms with Gasteiger partial charge in [0.2, 0.25) is 10.0 Å². The van der Waals surface area contributed by atoms with Crippen LogP contribution in [-0.4, -0.2) is 76.4 Å². The molecule has 0 fully saturated rings. The zero-order valence-electron chi connectivity index (χ0n) is 19.3. The van der Waals surface area contributed by atoms with Crippen molar-refractivity contribution in [2.24, 2.45) is 0 Å². The van der Waals surface area contributed by atoms with E-state index in [1.54, 1.807) is 17.0 Å². The summed E-state index contributed by atoms with van der Waals surface area (Å²) in [7, 11) is 3.27. The summed E-state index contributed by atoms with van der Waals surface area (Å²) in [5.74, 6) is 0.531. The Morgan fingerprint density at radius 1 is 1.03 bits per heavy atom. The van der Waals surface area contributed by atoms with Crippen LogP contribution < -0.4 is 9.64 Å². The number of nitrogens with zero attached hydrogens (tertiary/aromatic N) is 4. The van der Waals surface area contributed by atoms with Crippen LogP contribution in [0.1, 0.15) is 17.3 Å². The molecular formula is C22H29ClN4O4S2. The number of sulfonamides is 1. The molecule has 1 heterocycles. The van der Waals surface area contributed by atoms with E-state index in [9.17, 15) is 13.2 Å². The molecule has 3 aromatic rings. The minimum absolute atomic E-state index is 0. The van der Waals surface area contributed by atoms with E-state index in [4.69, 9.17) is 4.74 Å². The van der Waals surface area contributed by atoms with Gasteiger partial charge < -0.3 is 9.64 Å².